The Labute approximate surface area is 112 Å². The lowest BCUT2D eigenvalue weighted by Gasteiger charge is -2.25. The van der Waals surface area contributed by atoms with Crippen molar-refractivity contribution in [1.82, 2.24) is 5.32 Å². The second-order valence-corrected chi connectivity index (χ2v) is 5.98. The Morgan fingerprint density at radius 1 is 1.47 bits per heavy atom. The molecule has 1 aliphatic rings. The van der Waals surface area contributed by atoms with Crippen LogP contribution in [-0.2, 0) is 10.2 Å². The van der Waals surface area contributed by atoms with Crippen LogP contribution in [0.4, 0.5) is 4.39 Å². The van der Waals surface area contributed by atoms with E-state index in [4.69, 9.17) is 0 Å². The average Bonchev–Trinajstić information content (AvgIpc) is 3.16. The molecule has 3 nitrogen and oxygen atoms in total. The molecule has 0 spiro atoms. The van der Waals surface area contributed by atoms with E-state index in [0.29, 0.717) is 12.1 Å². The van der Waals surface area contributed by atoms with Gasteiger partial charge in [-0.25, -0.2) is 4.39 Å². The smallest absolute Gasteiger partial charge is 0.230 e. The van der Waals surface area contributed by atoms with Gasteiger partial charge in [-0.05, 0) is 44.4 Å². The molecule has 0 unspecified atom stereocenters. The Kier molecular flexibility index (Phi) is 3.63. The van der Waals surface area contributed by atoms with Crippen molar-refractivity contribution in [2.24, 2.45) is 5.41 Å². The molecule has 19 heavy (non-hydrogen) atoms. The molecule has 1 aliphatic carbocycles. The lowest BCUT2D eigenvalue weighted by Crippen LogP contribution is -2.43. The van der Waals surface area contributed by atoms with Gasteiger partial charge >= 0.3 is 0 Å². The second-order valence-electron chi connectivity index (χ2n) is 5.98. The van der Waals surface area contributed by atoms with Crippen LogP contribution in [0.15, 0.2) is 24.3 Å². The molecule has 1 amide bonds. The van der Waals surface area contributed by atoms with Crippen molar-refractivity contribution in [2.75, 3.05) is 13.2 Å². The minimum Gasteiger partial charge on any atom is -0.396 e. The SMILES string of the molecule is CC(C)(C(=O)NCC1(CO)CC1)c1cccc(F)c1. The zero-order valence-corrected chi connectivity index (χ0v) is 11.4. The quantitative estimate of drug-likeness (QED) is 0.855. The molecule has 0 aliphatic heterocycles. The average molecular weight is 265 g/mol. The van der Waals surface area contributed by atoms with Gasteiger partial charge in [0.15, 0.2) is 0 Å². The molecule has 0 heterocycles. The van der Waals surface area contributed by atoms with E-state index in [2.05, 4.69) is 5.32 Å². The summed E-state index contributed by atoms with van der Waals surface area (Å²) >= 11 is 0. The van der Waals surface area contributed by atoms with Crippen molar-refractivity contribution in [2.45, 2.75) is 32.1 Å². The molecule has 0 atom stereocenters. The van der Waals surface area contributed by atoms with Crippen molar-refractivity contribution >= 4 is 5.91 Å². The minimum absolute atomic E-state index is 0.105. The van der Waals surface area contributed by atoms with Gasteiger partial charge in [0.05, 0.1) is 12.0 Å². The van der Waals surface area contributed by atoms with E-state index in [0.717, 1.165) is 12.8 Å². The summed E-state index contributed by atoms with van der Waals surface area (Å²) in [5, 5.41) is 12.1. The van der Waals surface area contributed by atoms with Crippen molar-refractivity contribution in [3.8, 4) is 0 Å². The van der Waals surface area contributed by atoms with Crippen molar-refractivity contribution < 1.29 is 14.3 Å². The summed E-state index contributed by atoms with van der Waals surface area (Å²) < 4.78 is 13.2. The van der Waals surface area contributed by atoms with Gasteiger partial charge in [-0.2, -0.15) is 0 Å². The first kappa shape index (κ1) is 14.0. The molecule has 1 aromatic rings. The predicted molar refractivity (Wildman–Crippen MR) is 71.2 cm³/mol. The topological polar surface area (TPSA) is 49.3 Å². The largest absolute Gasteiger partial charge is 0.396 e. The number of benzene rings is 1. The number of rotatable bonds is 5. The van der Waals surface area contributed by atoms with Crippen LogP contribution < -0.4 is 5.32 Å². The summed E-state index contributed by atoms with van der Waals surface area (Å²) in [4.78, 5) is 12.3. The van der Waals surface area contributed by atoms with Crippen molar-refractivity contribution in [3.63, 3.8) is 0 Å². The first-order valence-electron chi connectivity index (χ1n) is 6.55. The van der Waals surface area contributed by atoms with Crippen LogP contribution in [0.1, 0.15) is 32.3 Å². The zero-order valence-electron chi connectivity index (χ0n) is 11.4. The van der Waals surface area contributed by atoms with Gasteiger partial charge in [-0.15, -0.1) is 0 Å². The molecule has 2 N–H and O–H groups in total. The van der Waals surface area contributed by atoms with Gasteiger partial charge in [-0.3, -0.25) is 4.79 Å². The Bertz CT molecular complexity index is 481. The van der Waals surface area contributed by atoms with Crippen LogP contribution in [0, 0.1) is 11.2 Å². The molecule has 4 heteroatoms. The Hall–Kier alpha value is -1.42. The summed E-state index contributed by atoms with van der Waals surface area (Å²) in [6, 6.07) is 6.11. The normalized spacial score (nSPS) is 17.1. The van der Waals surface area contributed by atoms with Crippen LogP contribution in [0.3, 0.4) is 0 Å². The maximum Gasteiger partial charge on any atom is 0.230 e. The number of aliphatic hydroxyl groups excluding tert-OH is 1. The Balaban J connectivity index is 2.04. The van der Waals surface area contributed by atoms with Crippen molar-refractivity contribution in [1.29, 1.82) is 0 Å². The molecule has 2 rings (SSSR count). The van der Waals surface area contributed by atoms with E-state index < -0.39 is 5.41 Å². The summed E-state index contributed by atoms with van der Waals surface area (Å²) in [6.07, 6.45) is 1.90. The fourth-order valence-corrected chi connectivity index (χ4v) is 2.06. The van der Waals surface area contributed by atoms with Crippen molar-refractivity contribution in [3.05, 3.63) is 35.6 Å². The predicted octanol–water partition coefficient (Wildman–Crippen LogP) is 1.99. The molecule has 1 saturated carbocycles. The maximum absolute atomic E-state index is 13.2. The van der Waals surface area contributed by atoms with Gasteiger partial charge in [0.2, 0.25) is 5.91 Å². The molecular weight excluding hydrogens is 245 g/mol. The molecule has 0 saturated heterocycles. The summed E-state index contributed by atoms with van der Waals surface area (Å²) in [7, 11) is 0. The Morgan fingerprint density at radius 3 is 2.68 bits per heavy atom. The third kappa shape index (κ3) is 2.95. The molecule has 104 valence electrons. The number of carbonyl (C=O) groups is 1. The third-order valence-corrected chi connectivity index (χ3v) is 4.03. The molecule has 0 radical (unpaired) electrons. The number of hydrogen-bond acceptors (Lipinski definition) is 2. The van der Waals surface area contributed by atoms with Gasteiger partial charge in [0, 0.05) is 12.0 Å². The van der Waals surface area contributed by atoms with Gasteiger partial charge in [0.25, 0.3) is 0 Å². The number of aliphatic hydroxyl groups is 1. The fraction of sp³-hybridized carbons (Fsp3) is 0.533. The minimum atomic E-state index is -0.784. The monoisotopic (exact) mass is 265 g/mol. The first-order valence-corrected chi connectivity index (χ1v) is 6.55. The number of hydrogen-bond donors (Lipinski definition) is 2. The second kappa shape index (κ2) is 4.93. The number of carbonyl (C=O) groups excluding carboxylic acids is 1. The van der Waals surface area contributed by atoms with E-state index >= 15 is 0 Å². The van der Waals surface area contributed by atoms with E-state index in [-0.39, 0.29) is 23.7 Å². The van der Waals surface area contributed by atoms with E-state index in [1.54, 1.807) is 26.0 Å². The maximum atomic E-state index is 13.2. The van der Waals surface area contributed by atoms with E-state index in [9.17, 15) is 14.3 Å². The number of nitrogens with one attached hydrogen (secondary N) is 1. The lowest BCUT2D eigenvalue weighted by atomic mass is 9.83. The summed E-state index contributed by atoms with van der Waals surface area (Å²) in [5.41, 5.74) is -0.250. The fourth-order valence-electron chi connectivity index (χ4n) is 2.06. The highest BCUT2D eigenvalue weighted by Crippen LogP contribution is 2.44. The van der Waals surface area contributed by atoms with Crippen LogP contribution in [-0.4, -0.2) is 24.2 Å². The van der Waals surface area contributed by atoms with E-state index in [1.807, 2.05) is 0 Å². The standard InChI is InChI=1S/C15H20FNO2/c1-14(2,11-4-3-5-12(16)8-11)13(19)17-9-15(10-18)6-7-15/h3-5,8,18H,6-7,9-10H2,1-2H3,(H,17,19). The molecule has 0 aromatic heterocycles. The van der Waals surface area contributed by atoms with Gasteiger partial charge in [-0.1, -0.05) is 12.1 Å². The molecule has 1 fully saturated rings. The molecule has 1 aromatic carbocycles. The Morgan fingerprint density at radius 2 is 2.16 bits per heavy atom. The number of amides is 1. The van der Waals surface area contributed by atoms with E-state index in [1.165, 1.54) is 12.1 Å². The third-order valence-electron chi connectivity index (χ3n) is 4.03. The van der Waals surface area contributed by atoms with Crippen LogP contribution in [0.25, 0.3) is 0 Å². The molecule has 0 bridgehead atoms. The molecular formula is C15H20FNO2. The highest BCUT2D eigenvalue weighted by molar-refractivity contribution is 5.87. The van der Waals surface area contributed by atoms with Crippen LogP contribution >= 0.6 is 0 Å². The zero-order chi connectivity index (χ0) is 14.1. The van der Waals surface area contributed by atoms with Crippen LogP contribution in [0.2, 0.25) is 0 Å². The summed E-state index contributed by atoms with van der Waals surface area (Å²) in [5.74, 6) is -0.481. The first-order chi connectivity index (χ1) is 8.89. The number of halogens is 1. The lowest BCUT2D eigenvalue weighted by molar-refractivity contribution is -0.126. The summed E-state index contributed by atoms with van der Waals surface area (Å²) in [6.45, 7) is 4.14. The van der Waals surface area contributed by atoms with Crippen LogP contribution in [0.5, 0.6) is 0 Å². The highest BCUT2D eigenvalue weighted by atomic mass is 19.1. The highest BCUT2D eigenvalue weighted by Gasteiger charge is 2.43. The van der Waals surface area contributed by atoms with Gasteiger partial charge in [0.1, 0.15) is 5.82 Å². The van der Waals surface area contributed by atoms with Gasteiger partial charge < -0.3 is 10.4 Å².